The van der Waals surface area contributed by atoms with Crippen LogP contribution in [0, 0.1) is 0 Å². The molecule has 0 saturated carbocycles. The van der Waals surface area contributed by atoms with E-state index < -0.39 is 12.0 Å². The minimum Gasteiger partial charge on any atom is -0.383 e. The average molecular weight is 384 g/mol. The number of unbranched alkanes of at least 4 members (excludes halogenated alkanes) is 19. The second kappa shape index (κ2) is 21.7. The topological polar surface area (TPSA) is 63.3 Å². The Bertz CT molecular complexity index is 307. The van der Waals surface area contributed by atoms with Gasteiger partial charge in [-0.1, -0.05) is 135 Å². The van der Waals surface area contributed by atoms with E-state index in [1.54, 1.807) is 0 Å². The van der Waals surface area contributed by atoms with Crippen molar-refractivity contribution in [2.75, 3.05) is 0 Å². The first-order valence-corrected chi connectivity index (χ1v) is 12.2. The molecule has 0 aromatic carbocycles. The maximum Gasteiger partial charge on any atom is 0.246 e. The Morgan fingerprint density at radius 3 is 1.11 bits per heavy atom. The van der Waals surface area contributed by atoms with Crippen LogP contribution in [-0.2, 0) is 4.79 Å². The van der Waals surface area contributed by atoms with Crippen LogP contribution in [0.25, 0.3) is 0 Å². The summed E-state index contributed by atoms with van der Waals surface area (Å²) in [5.41, 5.74) is 5.03. The smallest absolute Gasteiger partial charge is 0.246 e. The van der Waals surface area contributed by atoms with Gasteiger partial charge in [0.05, 0.1) is 0 Å². The minimum absolute atomic E-state index is 0.522. The lowest BCUT2D eigenvalue weighted by molar-refractivity contribution is -0.126. The molecule has 0 radical (unpaired) electrons. The number of primary amides is 1. The molecule has 1 atom stereocenters. The summed E-state index contributed by atoms with van der Waals surface area (Å²) in [6.07, 6.45) is 26.8. The van der Waals surface area contributed by atoms with Crippen LogP contribution in [0.5, 0.6) is 0 Å². The Morgan fingerprint density at radius 2 is 0.852 bits per heavy atom. The van der Waals surface area contributed by atoms with Crippen molar-refractivity contribution in [3.8, 4) is 0 Å². The van der Waals surface area contributed by atoms with Gasteiger partial charge in [0.15, 0.2) is 0 Å². The Kier molecular flexibility index (Phi) is 21.3. The van der Waals surface area contributed by atoms with Gasteiger partial charge in [-0.25, -0.2) is 0 Å². The van der Waals surface area contributed by atoms with Crippen molar-refractivity contribution in [2.24, 2.45) is 5.73 Å². The monoisotopic (exact) mass is 383 g/mol. The van der Waals surface area contributed by atoms with Crippen molar-refractivity contribution in [2.45, 2.75) is 148 Å². The summed E-state index contributed by atoms with van der Waals surface area (Å²) in [6, 6.07) is 0. The molecule has 27 heavy (non-hydrogen) atoms. The van der Waals surface area contributed by atoms with Gasteiger partial charge < -0.3 is 10.8 Å². The first-order chi connectivity index (χ1) is 13.2. The van der Waals surface area contributed by atoms with Gasteiger partial charge in [0.1, 0.15) is 6.10 Å². The molecule has 0 aliphatic rings. The SMILES string of the molecule is CCCCCCCCCCCCCCCCCCCCCCC(O)C(N)=O. The standard InChI is InChI=1S/C24H49NO2/c1-2-3-4-5-6-7-8-9-10-11-12-13-14-15-16-17-18-19-20-21-22-23(26)24(25)27/h23,26H,2-22H2,1H3,(H2,25,27). The molecular formula is C24H49NO2. The number of aliphatic hydroxyl groups is 1. The summed E-state index contributed by atoms with van der Waals surface area (Å²) >= 11 is 0. The molecule has 0 aromatic heterocycles. The van der Waals surface area contributed by atoms with Crippen LogP contribution in [0.2, 0.25) is 0 Å². The molecule has 0 spiro atoms. The van der Waals surface area contributed by atoms with Crippen molar-refractivity contribution < 1.29 is 9.90 Å². The van der Waals surface area contributed by atoms with Crippen LogP contribution < -0.4 is 5.73 Å². The minimum atomic E-state index is -0.944. The van der Waals surface area contributed by atoms with Crippen LogP contribution in [0.4, 0.5) is 0 Å². The zero-order valence-electron chi connectivity index (χ0n) is 18.4. The molecule has 0 aliphatic heterocycles. The number of nitrogens with two attached hydrogens (primary N) is 1. The number of carbonyl (C=O) groups is 1. The van der Waals surface area contributed by atoms with Crippen molar-refractivity contribution in [1.29, 1.82) is 0 Å². The summed E-state index contributed by atoms with van der Waals surface area (Å²) in [6.45, 7) is 2.28. The summed E-state index contributed by atoms with van der Waals surface area (Å²) in [7, 11) is 0. The highest BCUT2D eigenvalue weighted by atomic mass is 16.3. The third kappa shape index (κ3) is 21.6. The van der Waals surface area contributed by atoms with E-state index in [2.05, 4.69) is 6.92 Å². The Hall–Kier alpha value is -0.570. The molecule has 3 N–H and O–H groups in total. The normalized spacial score (nSPS) is 12.4. The zero-order chi connectivity index (χ0) is 20.0. The van der Waals surface area contributed by atoms with Crippen molar-refractivity contribution in [3.05, 3.63) is 0 Å². The third-order valence-corrected chi connectivity index (χ3v) is 5.66. The Labute approximate surface area is 169 Å². The van der Waals surface area contributed by atoms with Crippen molar-refractivity contribution in [3.63, 3.8) is 0 Å². The van der Waals surface area contributed by atoms with Crippen molar-refractivity contribution in [1.82, 2.24) is 0 Å². The van der Waals surface area contributed by atoms with E-state index in [9.17, 15) is 9.90 Å². The lowest BCUT2D eigenvalue weighted by Gasteiger charge is -2.06. The van der Waals surface area contributed by atoms with E-state index in [-0.39, 0.29) is 0 Å². The lowest BCUT2D eigenvalue weighted by Crippen LogP contribution is -2.27. The Morgan fingerprint density at radius 1 is 0.593 bits per heavy atom. The van der Waals surface area contributed by atoms with Gasteiger partial charge in [-0.3, -0.25) is 4.79 Å². The largest absolute Gasteiger partial charge is 0.383 e. The molecule has 1 unspecified atom stereocenters. The van der Waals surface area contributed by atoms with Gasteiger partial charge in [-0.15, -0.1) is 0 Å². The predicted octanol–water partition coefficient (Wildman–Crippen LogP) is 7.04. The summed E-state index contributed by atoms with van der Waals surface area (Å²) in [4.78, 5) is 10.7. The molecule has 3 heteroatoms. The highest BCUT2D eigenvalue weighted by molar-refractivity contribution is 5.78. The lowest BCUT2D eigenvalue weighted by atomic mass is 10.0. The van der Waals surface area contributed by atoms with Gasteiger partial charge in [0.2, 0.25) is 5.91 Å². The van der Waals surface area contributed by atoms with Crippen LogP contribution in [0.3, 0.4) is 0 Å². The number of aliphatic hydroxyl groups excluding tert-OH is 1. The number of amides is 1. The van der Waals surface area contributed by atoms with E-state index in [1.807, 2.05) is 0 Å². The van der Waals surface area contributed by atoms with Crippen LogP contribution in [-0.4, -0.2) is 17.1 Å². The van der Waals surface area contributed by atoms with Crippen LogP contribution >= 0.6 is 0 Å². The highest BCUT2D eigenvalue weighted by Gasteiger charge is 2.09. The summed E-state index contributed by atoms with van der Waals surface area (Å²) in [5.74, 6) is -0.590. The molecule has 1 amide bonds. The van der Waals surface area contributed by atoms with Gasteiger partial charge >= 0.3 is 0 Å². The van der Waals surface area contributed by atoms with E-state index >= 15 is 0 Å². The third-order valence-electron chi connectivity index (χ3n) is 5.66. The quantitative estimate of drug-likeness (QED) is 0.197. The van der Waals surface area contributed by atoms with Crippen LogP contribution in [0.1, 0.15) is 142 Å². The fourth-order valence-corrected chi connectivity index (χ4v) is 3.74. The molecular weight excluding hydrogens is 334 g/mol. The molecule has 0 fully saturated rings. The first kappa shape index (κ1) is 26.4. The second-order valence-corrected chi connectivity index (χ2v) is 8.42. The zero-order valence-corrected chi connectivity index (χ0v) is 18.4. The Balaban J connectivity index is 3.04. The predicted molar refractivity (Wildman–Crippen MR) is 118 cm³/mol. The fraction of sp³-hybridized carbons (Fsp3) is 0.958. The van der Waals surface area contributed by atoms with Crippen LogP contribution in [0.15, 0.2) is 0 Å². The van der Waals surface area contributed by atoms with Gasteiger partial charge in [0.25, 0.3) is 0 Å². The second-order valence-electron chi connectivity index (χ2n) is 8.42. The van der Waals surface area contributed by atoms with Gasteiger partial charge in [-0.05, 0) is 6.42 Å². The van der Waals surface area contributed by atoms with E-state index in [0.29, 0.717) is 6.42 Å². The molecule has 0 rings (SSSR count). The van der Waals surface area contributed by atoms with Gasteiger partial charge in [0, 0.05) is 0 Å². The van der Waals surface area contributed by atoms with E-state index in [4.69, 9.17) is 5.73 Å². The number of rotatable bonds is 22. The molecule has 0 bridgehead atoms. The molecule has 162 valence electrons. The van der Waals surface area contributed by atoms with E-state index in [0.717, 1.165) is 12.8 Å². The maximum absolute atomic E-state index is 10.7. The molecule has 0 aliphatic carbocycles. The molecule has 0 aromatic rings. The summed E-state index contributed by atoms with van der Waals surface area (Å²) in [5, 5.41) is 9.30. The molecule has 0 saturated heterocycles. The maximum atomic E-state index is 10.7. The average Bonchev–Trinajstić information content (AvgIpc) is 2.66. The molecule has 0 heterocycles. The number of hydrogen-bond acceptors (Lipinski definition) is 2. The van der Waals surface area contributed by atoms with Gasteiger partial charge in [-0.2, -0.15) is 0 Å². The number of carbonyl (C=O) groups excluding carboxylic acids is 1. The van der Waals surface area contributed by atoms with Crippen molar-refractivity contribution >= 4 is 5.91 Å². The molecule has 3 nitrogen and oxygen atoms in total. The highest BCUT2D eigenvalue weighted by Crippen LogP contribution is 2.15. The number of hydrogen-bond donors (Lipinski definition) is 2. The fourth-order valence-electron chi connectivity index (χ4n) is 3.74. The first-order valence-electron chi connectivity index (χ1n) is 12.2. The summed E-state index contributed by atoms with van der Waals surface area (Å²) < 4.78 is 0. The van der Waals surface area contributed by atoms with E-state index in [1.165, 1.54) is 116 Å².